The maximum Gasteiger partial charge on any atom is 0.267 e. The summed E-state index contributed by atoms with van der Waals surface area (Å²) < 4.78 is 26.7. The van der Waals surface area contributed by atoms with E-state index in [0.717, 1.165) is 4.31 Å². The Morgan fingerprint density at radius 1 is 1.25 bits per heavy atom. The maximum absolute atomic E-state index is 12.6. The highest BCUT2D eigenvalue weighted by molar-refractivity contribution is 9.10. The molecule has 1 aliphatic heterocycles. The standard InChI is InChI=1S/C14H18BrNO3S/c1-14(2,3)10-8-13(17)16(9-10)20(18,19)12-7-5-4-6-11(12)15/h4-7,10H,8-9H2,1-3H3. The minimum atomic E-state index is -3.77. The molecule has 0 radical (unpaired) electrons. The number of carbonyl (C=O) groups excluding carboxylic acids is 1. The Morgan fingerprint density at radius 3 is 2.35 bits per heavy atom. The average Bonchev–Trinajstić information content (AvgIpc) is 2.72. The van der Waals surface area contributed by atoms with E-state index < -0.39 is 10.0 Å². The summed E-state index contributed by atoms with van der Waals surface area (Å²) in [5, 5.41) is 0. The molecule has 0 aromatic heterocycles. The van der Waals surface area contributed by atoms with Gasteiger partial charge in [0.1, 0.15) is 4.90 Å². The van der Waals surface area contributed by atoms with Crippen molar-refractivity contribution in [2.45, 2.75) is 32.1 Å². The topological polar surface area (TPSA) is 54.5 Å². The molecule has 1 fully saturated rings. The van der Waals surface area contributed by atoms with Crippen LogP contribution in [0.5, 0.6) is 0 Å². The highest BCUT2D eigenvalue weighted by atomic mass is 79.9. The molecular weight excluding hydrogens is 342 g/mol. The molecule has 0 spiro atoms. The van der Waals surface area contributed by atoms with Crippen molar-refractivity contribution >= 4 is 31.9 Å². The first-order valence-electron chi connectivity index (χ1n) is 6.44. The van der Waals surface area contributed by atoms with Crippen LogP contribution in [0, 0.1) is 11.3 Å². The lowest BCUT2D eigenvalue weighted by Gasteiger charge is -2.26. The second-order valence-electron chi connectivity index (χ2n) is 6.13. The first kappa shape index (κ1) is 15.5. The molecule has 1 heterocycles. The SMILES string of the molecule is CC(C)(C)C1CC(=O)N(S(=O)(=O)c2ccccc2Br)C1. The monoisotopic (exact) mass is 359 g/mol. The summed E-state index contributed by atoms with van der Waals surface area (Å²) in [6.07, 6.45) is 0.285. The highest BCUT2D eigenvalue weighted by Gasteiger charge is 2.43. The van der Waals surface area contributed by atoms with Gasteiger partial charge in [-0.3, -0.25) is 4.79 Å². The molecule has 1 atom stereocenters. The van der Waals surface area contributed by atoms with Gasteiger partial charge in [-0.15, -0.1) is 0 Å². The van der Waals surface area contributed by atoms with Crippen molar-refractivity contribution in [1.82, 2.24) is 4.31 Å². The lowest BCUT2D eigenvalue weighted by Crippen LogP contribution is -2.33. The van der Waals surface area contributed by atoms with E-state index in [1.165, 1.54) is 6.07 Å². The zero-order valence-corrected chi connectivity index (χ0v) is 14.2. The number of hydrogen-bond donors (Lipinski definition) is 0. The van der Waals surface area contributed by atoms with Gasteiger partial charge in [0.05, 0.1) is 0 Å². The summed E-state index contributed by atoms with van der Waals surface area (Å²) in [5.41, 5.74) is -0.0894. The molecule has 2 rings (SSSR count). The lowest BCUT2D eigenvalue weighted by molar-refractivity contribution is -0.123. The molecule has 1 aromatic carbocycles. The fourth-order valence-corrected chi connectivity index (χ4v) is 4.68. The number of amides is 1. The van der Waals surface area contributed by atoms with Crippen molar-refractivity contribution in [3.05, 3.63) is 28.7 Å². The predicted octanol–water partition coefficient (Wildman–Crippen LogP) is 3.03. The van der Waals surface area contributed by atoms with Crippen molar-refractivity contribution in [3.63, 3.8) is 0 Å². The molecule has 1 unspecified atom stereocenters. The van der Waals surface area contributed by atoms with Crippen LogP contribution in [0.3, 0.4) is 0 Å². The molecular formula is C14H18BrNO3S. The Morgan fingerprint density at radius 2 is 1.85 bits per heavy atom. The number of hydrogen-bond acceptors (Lipinski definition) is 3. The van der Waals surface area contributed by atoms with Crippen molar-refractivity contribution in [2.75, 3.05) is 6.54 Å². The zero-order valence-electron chi connectivity index (χ0n) is 11.8. The van der Waals surface area contributed by atoms with E-state index >= 15 is 0 Å². The molecule has 4 nitrogen and oxygen atoms in total. The van der Waals surface area contributed by atoms with Gasteiger partial charge < -0.3 is 0 Å². The number of sulfonamides is 1. The fraction of sp³-hybridized carbons (Fsp3) is 0.500. The minimum Gasteiger partial charge on any atom is -0.274 e. The first-order valence-corrected chi connectivity index (χ1v) is 8.67. The molecule has 110 valence electrons. The van der Waals surface area contributed by atoms with Crippen LogP contribution in [0.25, 0.3) is 0 Å². The van der Waals surface area contributed by atoms with E-state index in [-0.39, 0.29) is 35.1 Å². The van der Waals surface area contributed by atoms with Crippen molar-refractivity contribution in [1.29, 1.82) is 0 Å². The molecule has 0 N–H and O–H groups in total. The molecule has 0 bridgehead atoms. The van der Waals surface area contributed by atoms with Gasteiger partial charge in [-0.1, -0.05) is 32.9 Å². The second kappa shape index (κ2) is 5.15. The lowest BCUT2D eigenvalue weighted by atomic mass is 9.80. The van der Waals surface area contributed by atoms with E-state index in [9.17, 15) is 13.2 Å². The zero-order chi connectivity index (χ0) is 15.1. The Labute approximate surface area is 128 Å². The van der Waals surface area contributed by atoms with Gasteiger partial charge in [0.2, 0.25) is 5.91 Å². The second-order valence-corrected chi connectivity index (χ2v) is 8.81. The molecule has 20 heavy (non-hydrogen) atoms. The summed E-state index contributed by atoms with van der Waals surface area (Å²) in [7, 11) is -3.77. The van der Waals surface area contributed by atoms with Gasteiger partial charge in [-0.05, 0) is 39.4 Å². The van der Waals surface area contributed by atoms with Crippen molar-refractivity contribution < 1.29 is 13.2 Å². The van der Waals surface area contributed by atoms with Crippen LogP contribution in [0.1, 0.15) is 27.2 Å². The van der Waals surface area contributed by atoms with Gasteiger partial charge >= 0.3 is 0 Å². The van der Waals surface area contributed by atoms with E-state index in [1.54, 1.807) is 18.2 Å². The number of nitrogens with zero attached hydrogens (tertiary/aromatic N) is 1. The van der Waals surface area contributed by atoms with E-state index in [1.807, 2.05) is 20.8 Å². The number of halogens is 1. The van der Waals surface area contributed by atoms with E-state index in [2.05, 4.69) is 15.9 Å². The quantitative estimate of drug-likeness (QED) is 0.815. The summed E-state index contributed by atoms with van der Waals surface area (Å²) in [6, 6.07) is 6.57. The Kier molecular flexibility index (Phi) is 3.99. The van der Waals surface area contributed by atoms with Gasteiger partial charge in [0.15, 0.2) is 0 Å². The normalized spacial score (nSPS) is 20.5. The van der Waals surface area contributed by atoms with E-state index in [4.69, 9.17) is 0 Å². The third kappa shape index (κ3) is 2.76. The van der Waals surface area contributed by atoms with Gasteiger partial charge in [0, 0.05) is 17.4 Å². The first-order chi connectivity index (χ1) is 9.14. The van der Waals surface area contributed by atoms with Crippen LogP contribution < -0.4 is 0 Å². The molecule has 0 aliphatic carbocycles. The van der Waals surface area contributed by atoms with Crippen LogP contribution >= 0.6 is 15.9 Å². The molecule has 6 heteroatoms. The van der Waals surface area contributed by atoms with Crippen molar-refractivity contribution in [3.8, 4) is 0 Å². The third-order valence-electron chi connectivity index (χ3n) is 3.71. The smallest absolute Gasteiger partial charge is 0.267 e. The number of rotatable bonds is 2. The summed E-state index contributed by atoms with van der Waals surface area (Å²) in [6.45, 7) is 6.34. The van der Waals surface area contributed by atoms with Crippen LogP contribution in [-0.2, 0) is 14.8 Å². The Bertz CT molecular complexity index is 634. The highest BCUT2D eigenvalue weighted by Crippen LogP contribution is 2.37. The fourth-order valence-electron chi connectivity index (χ4n) is 2.26. The number of carbonyl (C=O) groups is 1. The van der Waals surface area contributed by atoms with Crippen LogP contribution in [0.2, 0.25) is 0 Å². The largest absolute Gasteiger partial charge is 0.274 e. The minimum absolute atomic E-state index is 0.0484. The van der Waals surface area contributed by atoms with Gasteiger partial charge in [-0.25, -0.2) is 12.7 Å². The number of benzene rings is 1. The van der Waals surface area contributed by atoms with Gasteiger partial charge in [-0.2, -0.15) is 0 Å². The van der Waals surface area contributed by atoms with Gasteiger partial charge in [0.25, 0.3) is 10.0 Å². The van der Waals surface area contributed by atoms with Crippen LogP contribution in [-0.4, -0.2) is 25.2 Å². The molecule has 1 saturated heterocycles. The molecule has 1 aliphatic rings. The maximum atomic E-state index is 12.6. The average molecular weight is 360 g/mol. The third-order valence-corrected chi connectivity index (χ3v) is 6.51. The van der Waals surface area contributed by atoms with Crippen LogP contribution in [0.4, 0.5) is 0 Å². The summed E-state index contributed by atoms with van der Waals surface area (Å²) >= 11 is 3.24. The predicted molar refractivity (Wildman–Crippen MR) is 80.6 cm³/mol. The van der Waals surface area contributed by atoms with Crippen molar-refractivity contribution in [2.24, 2.45) is 11.3 Å². The Balaban J connectivity index is 2.37. The summed E-state index contributed by atoms with van der Waals surface area (Å²) in [4.78, 5) is 12.2. The van der Waals surface area contributed by atoms with Crippen LogP contribution in [0.15, 0.2) is 33.6 Å². The molecule has 1 amide bonds. The molecule has 1 aromatic rings. The summed E-state index contributed by atoms with van der Waals surface area (Å²) in [5.74, 6) is -0.270. The Hall–Kier alpha value is -0.880. The molecule has 0 saturated carbocycles. The van der Waals surface area contributed by atoms with E-state index in [0.29, 0.717) is 4.47 Å².